The monoisotopic (exact) mass is 451 g/mol. The highest BCUT2D eigenvalue weighted by Gasteiger charge is 2.52. The smallest absolute Gasteiger partial charge is 0.241 e. The maximum Gasteiger partial charge on any atom is 0.241 e. The van der Waals surface area contributed by atoms with Crippen LogP contribution in [0.5, 0.6) is 0 Å². The van der Waals surface area contributed by atoms with Gasteiger partial charge >= 0.3 is 0 Å². The SMILES string of the molecule is O=C(CSC1CNNN1)Nc1ccc(S(=O)(=O)NC23CC4CC(CC(C4)C2)C3)cc1. The second-order valence-corrected chi connectivity index (χ2v) is 12.2. The first-order valence-corrected chi connectivity index (χ1v) is 13.2. The highest BCUT2D eigenvalue weighted by atomic mass is 32.2. The predicted molar refractivity (Wildman–Crippen MR) is 117 cm³/mol. The third-order valence-electron chi connectivity index (χ3n) is 6.86. The van der Waals surface area contributed by atoms with Crippen molar-refractivity contribution in [3.05, 3.63) is 24.3 Å². The van der Waals surface area contributed by atoms with Gasteiger partial charge in [-0.15, -0.1) is 11.8 Å². The molecule has 6 rings (SSSR count). The molecule has 4 bridgehead atoms. The molecule has 164 valence electrons. The maximum absolute atomic E-state index is 13.1. The minimum atomic E-state index is -3.58. The molecule has 30 heavy (non-hydrogen) atoms. The van der Waals surface area contributed by atoms with Crippen LogP contribution in [-0.4, -0.2) is 37.5 Å². The van der Waals surface area contributed by atoms with Gasteiger partial charge in [0.2, 0.25) is 15.9 Å². The zero-order chi connectivity index (χ0) is 20.8. The molecule has 0 radical (unpaired) electrons. The number of anilines is 1. The lowest BCUT2D eigenvalue weighted by Gasteiger charge is -2.56. The van der Waals surface area contributed by atoms with Gasteiger partial charge in [-0.1, -0.05) is 0 Å². The van der Waals surface area contributed by atoms with E-state index in [1.165, 1.54) is 31.0 Å². The van der Waals surface area contributed by atoms with E-state index in [0.717, 1.165) is 25.8 Å². The maximum atomic E-state index is 13.1. The van der Waals surface area contributed by atoms with Crippen LogP contribution >= 0.6 is 11.8 Å². The number of rotatable bonds is 7. The summed E-state index contributed by atoms with van der Waals surface area (Å²) in [4.78, 5) is 12.4. The summed E-state index contributed by atoms with van der Waals surface area (Å²) in [6.45, 7) is 0.737. The summed E-state index contributed by atoms with van der Waals surface area (Å²) in [5.74, 6) is 2.24. The lowest BCUT2D eigenvalue weighted by atomic mass is 9.53. The van der Waals surface area contributed by atoms with Crippen LogP contribution < -0.4 is 26.4 Å². The van der Waals surface area contributed by atoms with Crippen LogP contribution in [0.3, 0.4) is 0 Å². The summed E-state index contributed by atoms with van der Waals surface area (Å²) in [6, 6.07) is 6.48. The Labute approximate surface area is 181 Å². The fourth-order valence-corrected chi connectivity index (χ4v) is 8.30. The lowest BCUT2D eigenvalue weighted by molar-refractivity contribution is -0.113. The number of thioether (sulfide) groups is 1. The molecule has 1 aromatic rings. The molecule has 0 spiro atoms. The molecule has 0 aromatic heterocycles. The quantitative estimate of drug-likeness (QED) is 0.428. The van der Waals surface area contributed by atoms with Crippen LogP contribution in [0.15, 0.2) is 29.2 Å². The number of benzene rings is 1. The first-order chi connectivity index (χ1) is 14.4. The van der Waals surface area contributed by atoms with E-state index in [2.05, 4.69) is 26.4 Å². The lowest BCUT2D eigenvalue weighted by Crippen LogP contribution is -2.59. The highest BCUT2D eigenvalue weighted by molar-refractivity contribution is 8.00. The van der Waals surface area contributed by atoms with Gasteiger partial charge in [-0.05, 0) is 80.5 Å². The third-order valence-corrected chi connectivity index (χ3v) is 9.57. The number of hydrogen-bond acceptors (Lipinski definition) is 7. The van der Waals surface area contributed by atoms with E-state index in [1.54, 1.807) is 24.3 Å². The first-order valence-electron chi connectivity index (χ1n) is 10.7. The van der Waals surface area contributed by atoms with Crippen molar-refractivity contribution < 1.29 is 13.2 Å². The average Bonchev–Trinajstić information content (AvgIpc) is 3.18. The van der Waals surface area contributed by atoms with E-state index in [-0.39, 0.29) is 21.7 Å². The molecule has 1 unspecified atom stereocenters. The summed E-state index contributed by atoms with van der Waals surface area (Å²) >= 11 is 1.50. The molecule has 1 aliphatic heterocycles. The molecule has 10 heteroatoms. The van der Waals surface area contributed by atoms with Crippen molar-refractivity contribution >= 4 is 33.4 Å². The average molecular weight is 452 g/mol. The third kappa shape index (κ3) is 4.39. The Morgan fingerprint density at radius 3 is 2.27 bits per heavy atom. The van der Waals surface area contributed by atoms with Crippen LogP contribution in [0.1, 0.15) is 38.5 Å². The Kier molecular flexibility index (Phi) is 5.57. The molecular weight excluding hydrogens is 422 g/mol. The van der Waals surface area contributed by atoms with Gasteiger partial charge in [0.15, 0.2) is 0 Å². The van der Waals surface area contributed by atoms with Crippen LogP contribution in [0.4, 0.5) is 5.69 Å². The van der Waals surface area contributed by atoms with E-state index in [4.69, 9.17) is 0 Å². The standard InChI is InChI=1S/C20H29N5O3S2/c26-18(12-29-19-11-21-25-23-19)22-16-1-3-17(4-2-16)30(27,28)24-20-8-13-5-14(9-20)7-15(6-13)10-20/h1-4,13-15,19,21,23-25H,5-12H2,(H,22,26). The summed E-state index contributed by atoms with van der Waals surface area (Å²) < 4.78 is 29.3. The Hall–Kier alpha value is -1.17. The topological polar surface area (TPSA) is 111 Å². The van der Waals surface area contributed by atoms with Gasteiger partial charge in [-0.2, -0.15) is 5.53 Å². The molecule has 1 atom stereocenters. The van der Waals surface area contributed by atoms with Gasteiger partial charge in [-0.25, -0.2) is 24.0 Å². The normalized spacial score (nSPS) is 34.9. The van der Waals surface area contributed by atoms with Gasteiger partial charge in [0, 0.05) is 17.8 Å². The van der Waals surface area contributed by atoms with Crippen molar-refractivity contribution in [2.75, 3.05) is 17.6 Å². The zero-order valence-electron chi connectivity index (χ0n) is 16.8. The number of carbonyl (C=O) groups excluding carboxylic acids is 1. The highest BCUT2D eigenvalue weighted by Crippen LogP contribution is 2.55. The van der Waals surface area contributed by atoms with Crippen LogP contribution in [0.25, 0.3) is 0 Å². The molecular formula is C20H29N5O3S2. The number of hydrazine groups is 2. The molecule has 5 fully saturated rings. The van der Waals surface area contributed by atoms with Crippen molar-refractivity contribution in [2.24, 2.45) is 17.8 Å². The number of amides is 1. The van der Waals surface area contributed by atoms with E-state index in [1.807, 2.05) is 0 Å². The molecule has 1 heterocycles. The fraction of sp³-hybridized carbons (Fsp3) is 0.650. The summed E-state index contributed by atoms with van der Waals surface area (Å²) in [5.41, 5.74) is 9.08. The van der Waals surface area contributed by atoms with E-state index in [9.17, 15) is 13.2 Å². The number of nitrogens with one attached hydrogen (secondary N) is 5. The van der Waals surface area contributed by atoms with E-state index < -0.39 is 10.0 Å². The number of hydrogen-bond donors (Lipinski definition) is 5. The van der Waals surface area contributed by atoms with Gasteiger partial charge in [0.1, 0.15) is 0 Å². The Morgan fingerprint density at radius 1 is 1.07 bits per heavy atom. The van der Waals surface area contributed by atoms with Gasteiger partial charge in [0.25, 0.3) is 0 Å². The van der Waals surface area contributed by atoms with Crippen molar-refractivity contribution in [2.45, 2.75) is 54.3 Å². The Bertz CT molecular complexity index is 864. The molecule has 1 saturated heterocycles. The summed E-state index contributed by atoms with van der Waals surface area (Å²) in [6.07, 6.45) is 6.76. The van der Waals surface area contributed by atoms with Gasteiger partial charge < -0.3 is 5.32 Å². The molecule has 1 amide bonds. The van der Waals surface area contributed by atoms with Crippen molar-refractivity contribution in [3.8, 4) is 0 Å². The molecule has 4 aliphatic carbocycles. The van der Waals surface area contributed by atoms with Gasteiger partial charge in [0.05, 0.1) is 16.0 Å². The zero-order valence-corrected chi connectivity index (χ0v) is 18.4. The van der Waals surface area contributed by atoms with E-state index >= 15 is 0 Å². The summed E-state index contributed by atoms with van der Waals surface area (Å²) in [5, 5.41) is 2.97. The molecule has 4 saturated carbocycles. The second-order valence-electron chi connectivity index (χ2n) is 9.33. The van der Waals surface area contributed by atoms with Crippen LogP contribution in [-0.2, 0) is 14.8 Å². The predicted octanol–water partition coefficient (Wildman–Crippen LogP) is 1.54. The minimum absolute atomic E-state index is 0.115. The molecule has 5 aliphatic rings. The molecule has 8 nitrogen and oxygen atoms in total. The number of carbonyl (C=O) groups is 1. The summed E-state index contributed by atoms with van der Waals surface area (Å²) in [7, 11) is -3.58. The van der Waals surface area contributed by atoms with Crippen molar-refractivity contribution in [1.82, 2.24) is 21.1 Å². The van der Waals surface area contributed by atoms with Crippen LogP contribution in [0.2, 0.25) is 0 Å². The second kappa shape index (κ2) is 8.07. The fourth-order valence-electron chi connectivity index (χ4n) is 6.10. The van der Waals surface area contributed by atoms with Crippen LogP contribution in [0, 0.1) is 17.8 Å². The Morgan fingerprint density at radius 2 is 1.70 bits per heavy atom. The van der Waals surface area contributed by atoms with E-state index in [0.29, 0.717) is 29.2 Å². The first kappa shape index (κ1) is 20.7. The van der Waals surface area contributed by atoms with Crippen molar-refractivity contribution in [1.29, 1.82) is 0 Å². The van der Waals surface area contributed by atoms with Crippen molar-refractivity contribution in [3.63, 3.8) is 0 Å². The van der Waals surface area contributed by atoms with Gasteiger partial charge in [-0.3, -0.25) is 4.79 Å². The largest absolute Gasteiger partial charge is 0.325 e. The minimum Gasteiger partial charge on any atom is -0.325 e. The Balaban J connectivity index is 1.20. The molecule has 5 N–H and O–H groups in total. The number of sulfonamides is 1. The molecule has 1 aromatic carbocycles.